The lowest BCUT2D eigenvalue weighted by molar-refractivity contribution is -0.144. The number of hydrogen-bond donors (Lipinski definition) is 2. The Kier molecular flexibility index (Phi) is 6.34. The smallest absolute Gasteiger partial charge is 0.416 e. The Morgan fingerprint density at radius 2 is 1.71 bits per heavy atom. The minimum absolute atomic E-state index is 0.0388. The Hall–Kier alpha value is -3.41. The summed E-state index contributed by atoms with van der Waals surface area (Å²) in [5.74, 6) is -3.06. The summed E-state index contributed by atoms with van der Waals surface area (Å²) in [6, 6.07) is 13.1. The van der Waals surface area contributed by atoms with Gasteiger partial charge in [0.2, 0.25) is 0 Å². The fraction of sp³-hybridized carbons (Fsp3) is 0.125. The Balaban J connectivity index is 1.97. The fourth-order valence-corrected chi connectivity index (χ4v) is 4.40. The van der Waals surface area contributed by atoms with Crippen LogP contribution < -0.4 is 5.32 Å². The van der Waals surface area contributed by atoms with Gasteiger partial charge in [0.1, 0.15) is 6.04 Å². The van der Waals surface area contributed by atoms with Crippen LogP contribution in [-0.4, -0.2) is 27.8 Å². The van der Waals surface area contributed by atoms with Gasteiger partial charge in [0.15, 0.2) is 6.04 Å². The van der Waals surface area contributed by atoms with Crippen molar-refractivity contribution in [3.63, 3.8) is 0 Å². The van der Waals surface area contributed by atoms with Crippen LogP contribution in [0, 0.1) is 3.57 Å². The minimum Gasteiger partial charge on any atom is -0.479 e. The molecule has 2 amide bonds. The van der Waals surface area contributed by atoms with Gasteiger partial charge in [-0.05, 0) is 64.0 Å². The molecule has 10 heteroatoms. The second-order valence-corrected chi connectivity index (χ2v) is 8.81. The Labute approximate surface area is 205 Å². The first-order valence-electron chi connectivity index (χ1n) is 9.96. The topological polar surface area (TPSA) is 86.7 Å². The molecule has 174 valence electrons. The quantitative estimate of drug-likeness (QED) is 0.412. The van der Waals surface area contributed by atoms with Crippen molar-refractivity contribution >= 4 is 46.1 Å². The lowest BCUT2D eigenvalue weighted by Gasteiger charge is -2.34. The molecular formula is C24H16F3IN2O4. The molecular weight excluding hydrogens is 564 g/mol. The third kappa shape index (κ3) is 4.49. The number of nitrogens with one attached hydrogen (secondary N) is 1. The second-order valence-electron chi connectivity index (χ2n) is 7.57. The van der Waals surface area contributed by atoms with Crippen molar-refractivity contribution in [1.82, 2.24) is 4.90 Å². The normalized spacial score (nSPS) is 16.9. The van der Waals surface area contributed by atoms with Crippen molar-refractivity contribution in [3.8, 4) is 0 Å². The molecule has 3 aromatic carbocycles. The molecule has 0 aromatic heterocycles. The molecule has 0 spiro atoms. The zero-order chi connectivity index (χ0) is 24.6. The third-order valence-corrected chi connectivity index (χ3v) is 6.06. The molecule has 1 heterocycles. The van der Waals surface area contributed by atoms with Gasteiger partial charge < -0.3 is 15.3 Å². The van der Waals surface area contributed by atoms with E-state index in [2.05, 4.69) is 5.32 Å². The molecule has 1 aliphatic rings. The molecule has 6 nitrogen and oxygen atoms in total. The molecule has 2 unspecified atom stereocenters. The highest BCUT2D eigenvalue weighted by atomic mass is 127. The maximum atomic E-state index is 13.8. The molecule has 0 aliphatic carbocycles. The monoisotopic (exact) mass is 580 g/mol. The van der Waals surface area contributed by atoms with Crippen LogP contribution in [0.1, 0.15) is 39.1 Å². The van der Waals surface area contributed by atoms with Crippen molar-refractivity contribution in [2.24, 2.45) is 0 Å². The van der Waals surface area contributed by atoms with Crippen LogP contribution in [0.15, 0.2) is 72.8 Å². The number of carboxylic acids is 1. The van der Waals surface area contributed by atoms with Crippen LogP contribution in [0.2, 0.25) is 0 Å². The van der Waals surface area contributed by atoms with E-state index in [9.17, 15) is 32.7 Å². The van der Waals surface area contributed by atoms with Gasteiger partial charge in [-0.1, -0.05) is 42.5 Å². The van der Waals surface area contributed by atoms with E-state index in [0.717, 1.165) is 23.1 Å². The zero-order valence-electron chi connectivity index (χ0n) is 17.2. The lowest BCUT2D eigenvalue weighted by Crippen LogP contribution is -2.44. The number of rotatable bonds is 4. The van der Waals surface area contributed by atoms with E-state index in [1.165, 1.54) is 30.3 Å². The number of nitrogens with zero attached hydrogens (tertiary/aromatic N) is 1. The molecule has 3 aromatic rings. The first kappa shape index (κ1) is 23.7. The van der Waals surface area contributed by atoms with Crippen LogP contribution in [0.4, 0.5) is 18.9 Å². The number of aliphatic carboxylic acids is 1. The number of hydrogen-bond acceptors (Lipinski definition) is 3. The van der Waals surface area contributed by atoms with Crippen molar-refractivity contribution in [3.05, 3.63) is 98.6 Å². The number of benzene rings is 3. The van der Waals surface area contributed by atoms with Gasteiger partial charge in [-0.3, -0.25) is 9.59 Å². The highest BCUT2D eigenvalue weighted by Crippen LogP contribution is 2.39. The molecule has 1 aliphatic heterocycles. The fourth-order valence-electron chi connectivity index (χ4n) is 3.91. The van der Waals surface area contributed by atoms with Crippen LogP contribution in [0.5, 0.6) is 0 Å². The average Bonchev–Trinajstić information content (AvgIpc) is 2.89. The summed E-state index contributed by atoms with van der Waals surface area (Å²) < 4.78 is 40.9. The first-order chi connectivity index (χ1) is 16.1. The molecule has 2 atom stereocenters. The van der Waals surface area contributed by atoms with Crippen molar-refractivity contribution < 1.29 is 32.7 Å². The maximum absolute atomic E-state index is 13.8. The molecule has 0 bridgehead atoms. The molecule has 4 rings (SSSR count). The number of amides is 2. The first-order valence-corrected chi connectivity index (χ1v) is 11.0. The van der Waals surface area contributed by atoms with E-state index in [1.54, 1.807) is 24.3 Å². The number of halogens is 4. The van der Waals surface area contributed by atoms with Gasteiger partial charge in [0.05, 0.1) is 16.8 Å². The zero-order valence-corrected chi connectivity index (χ0v) is 19.4. The van der Waals surface area contributed by atoms with E-state index < -0.39 is 41.6 Å². The predicted molar refractivity (Wildman–Crippen MR) is 125 cm³/mol. The summed E-state index contributed by atoms with van der Waals surface area (Å²) >= 11 is 1.97. The summed E-state index contributed by atoms with van der Waals surface area (Å²) in [4.78, 5) is 40.4. The SMILES string of the molecule is O=C(O)C(c1ccccc1)N1C(=O)c2cc(I)ccc2NC(=O)C1c1cccc(C(F)(F)F)c1. The number of anilines is 1. The van der Waals surface area contributed by atoms with Crippen LogP contribution in [0.25, 0.3) is 0 Å². The molecule has 0 saturated carbocycles. The summed E-state index contributed by atoms with van der Waals surface area (Å²) in [7, 11) is 0. The number of carbonyl (C=O) groups excluding carboxylic acids is 2. The molecule has 34 heavy (non-hydrogen) atoms. The van der Waals surface area contributed by atoms with Crippen LogP contribution in [-0.2, 0) is 15.8 Å². The van der Waals surface area contributed by atoms with Gasteiger partial charge in [-0.2, -0.15) is 13.2 Å². The molecule has 0 radical (unpaired) electrons. The number of carboxylic acid groups (broad SMARTS) is 1. The highest BCUT2D eigenvalue weighted by Gasteiger charge is 2.44. The van der Waals surface area contributed by atoms with Gasteiger partial charge in [-0.15, -0.1) is 0 Å². The number of alkyl halides is 3. The predicted octanol–water partition coefficient (Wildman–Crippen LogP) is 5.27. The molecule has 0 fully saturated rings. The van der Waals surface area contributed by atoms with E-state index in [0.29, 0.717) is 3.57 Å². The largest absolute Gasteiger partial charge is 0.479 e. The number of fused-ring (bicyclic) bond motifs is 1. The summed E-state index contributed by atoms with van der Waals surface area (Å²) in [5.41, 5.74) is -0.801. The highest BCUT2D eigenvalue weighted by molar-refractivity contribution is 14.1. The molecule has 2 N–H and O–H groups in total. The average molecular weight is 580 g/mol. The molecule has 0 saturated heterocycles. The summed E-state index contributed by atoms with van der Waals surface area (Å²) in [6.45, 7) is 0. The van der Waals surface area contributed by atoms with Gasteiger partial charge in [0.25, 0.3) is 11.8 Å². The second kappa shape index (κ2) is 9.09. The van der Waals surface area contributed by atoms with Gasteiger partial charge in [-0.25, -0.2) is 4.79 Å². The van der Waals surface area contributed by atoms with E-state index in [4.69, 9.17) is 0 Å². The lowest BCUT2D eigenvalue weighted by atomic mass is 9.96. The number of carbonyl (C=O) groups is 3. The van der Waals surface area contributed by atoms with Gasteiger partial charge >= 0.3 is 12.1 Å². The van der Waals surface area contributed by atoms with E-state index >= 15 is 0 Å². The van der Waals surface area contributed by atoms with Crippen molar-refractivity contribution in [2.45, 2.75) is 18.3 Å². The van der Waals surface area contributed by atoms with Crippen molar-refractivity contribution in [1.29, 1.82) is 0 Å². The van der Waals surface area contributed by atoms with E-state index in [1.807, 2.05) is 22.6 Å². The van der Waals surface area contributed by atoms with Crippen LogP contribution in [0.3, 0.4) is 0 Å². The van der Waals surface area contributed by atoms with Crippen molar-refractivity contribution in [2.75, 3.05) is 5.32 Å². The summed E-state index contributed by atoms with van der Waals surface area (Å²) in [6.07, 6.45) is -4.70. The Bertz CT molecular complexity index is 1280. The standard InChI is InChI=1S/C24H16F3IN2O4/c25-24(26,27)15-8-4-7-14(11-15)19-21(31)29-18-10-9-16(28)12-17(18)22(32)30(19)20(23(33)34)13-5-2-1-3-6-13/h1-12,19-20H,(H,29,31)(H,33,34). The Morgan fingerprint density at radius 3 is 2.35 bits per heavy atom. The third-order valence-electron chi connectivity index (χ3n) is 5.39. The van der Waals surface area contributed by atoms with E-state index in [-0.39, 0.29) is 22.4 Å². The van der Waals surface area contributed by atoms with Crippen LogP contribution >= 0.6 is 22.6 Å². The maximum Gasteiger partial charge on any atom is 0.416 e. The summed E-state index contributed by atoms with van der Waals surface area (Å²) in [5, 5.41) is 12.7. The Morgan fingerprint density at radius 1 is 1.00 bits per heavy atom. The minimum atomic E-state index is -4.70. The van der Waals surface area contributed by atoms with Gasteiger partial charge in [0, 0.05) is 3.57 Å².